The van der Waals surface area contributed by atoms with E-state index >= 15 is 0 Å². The molecule has 3 nitrogen and oxygen atoms in total. The van der Waals surface area contributed by atoms with Crippen LogP contribution in [-0.4, -0.2) is 25.6 Å². The minimum absolute atomic E-state index is 0.0568. The fourth-order valence-electron chi connectivity index (χ4n) is 1.46. The maximum atomic E-state index is 12.0. The lowest BCUT2D eigenvalue weighted by atomic mass is 10.1. The highest BCUT2D eigenvalue weighted by atomic mass is 32.2. The summed E-state index contributed by atoms with van der Waals surface area (Å²) in [5.74, 6) is 1.40. The Morgan fingerprint density at radius 1 is 1.21 bits per heavy atom. The first-order valence-electron chi connectivity index (χ1n) is 5.84. The van der Waals surface area contributed by atoms with Crippen molar-refractivity contribution in [2.45, 2.75) is 50.0 Å². The quantitative estimate of drug-likeness (QED) is 0.511. The summed E-state index contributed by atoms with van der Waals surface area (Å²) in [7, 11) is -4.02. The van der Waals surface area contributed by atoms with Crippen molar-refractivity contribution in [2.24, 2.45) is 0 Å². The van der Waals surface area contributed by atoms with Gasteiger partial charge >= 0.3 is 6.18 Å². The molecular weight excluding hydrogens is 279 g/mol. The second-order valence-electron chi connectivity index (χ2n) is 4.15. The average molecular weight is 295 g/mol. The molecule has 0 radical (unpaired) electrons. The number of hydrogen-bond donors (Lipinski definition) is 0. The van der Waals surface area contributed by atoms with Crippen molar-refractivity contribution < 1.29 is 21.6 Å². The molecule has 0 fully saturated rings. The number of terminal acetylenes is 1. The maximum Gasteiger partial charge on any atom is 0.390 e. The molecule has 0 aromatic heterocycles. The molecule has 0 aromatic rings. The van der Waals surface area contributed by atoms with Crippen LogP contribution < -0.4 is 0 Å². The molecule has 19 heavy (non-hydrogen) atoms. The normalized spacial score (nSPS) is 13.5. The Morgan fingerprint density at radius 3 is 2.32 bits per heavy atom. The van der Waals surface area contributed by atoms with E-state index in [4.69, 9.17) is 11.7 Å². The highest BCUT2D eigenvalue weighted by Crippen LogP contribution is 2.22. The molecule has 0 amide bonds. The summed E-state index contributed by atoms with van der Waals surface area (Å²) >= 11 is 0. The van der Waals surface area contributed by atoms with Crippen LogP contribution in [0, 0.1) is 23.7 Å². The number of alkyl halides is 3. The van der Waals surface area contributed by atoms with Gasteiger partial charge in [0.2, 0.25) is 0 Å². The van der Waals surface area contributed by atoms with Crippen LogP contribution in [0.3, 0.4) is 0 Å². The molecule has 1 unspecified atom stereocenters. The Kier molecular flexibility index (Phi) is 7.55. The number of halogens is 3. The number of unbranched alkanes of at least 4 members (excludes halogenated alkanes) is 3. The van der Waals surface area contributed by atoms with Gasteiger partial charge in [-0.05, 0) is 12.8 Å². The molecule has 1 atom stereocenters. The van der Waals surface area contributed by atoms with E-state index in [2.05, 4.69) is 5.92 Å². The second-order valence-corrected chi connectivity index (χ2v) is 6.46. The van der Waals surface area contributed by atoms with Crippen molar-refractivity contribution in [2.75, 3.05) is 5.75 Å². The van der Waals surface area contributed by atoms with Gasteiger partial charge in [0, 0.05) is 6.42 Å². The fourth-order valence-corrected chi connectivity index (χ4v) is 2.95. The van der Waals surface area contributed by atoms with Gasteiger partial charge in [-0.15, -0.1) is 12.3 Å². The minimum Gasteiger partial charge on any atom is -0.227 e. The van der Waals surface area contributed by atoms with Crippen molar-refractivity contribution in [3.05, 3.63) is 0 Å². The van der Waals surface area contributed by atoms with Gasteiger partial charge < -0.3 is 0 Å². The second kappa shape index (κ2) is 8.06. The van der Waals surface area contributed by atoms with Crippen LogP contribution in [0.5, 0.6) is 0 Å². The molecule has 0 bridgehead atoms. The van der Waals surface area contributed by atoms with Crippen LogP contribution >= 0.6 is 0 Å². The Labute approximate surface area is 111 Å². The zero-order valence-electron chi connectivity index (χ0n) is 10.4. The van der Waals surface area contributed by atoms with Crippen LogP contribution in [0.1, 0.15) is 38.5 Å². The van der Waals surface area contributed by atoms with Gasteiger partial charge in [-0.2, -0.15) is 18.4 Å². The van der Waals surface area contributed by atoms with Gasteiger partial charge in [0.15, 0.2) is 9.84 Å². The van der Waals surface area contributed by atoms with E-state index in [-0.39, 0.29) is 6.42 Å². The molecule has 0 heterocycles. The van der Waals surface area contributed by atoms with Gasteiger partial charge in [0.1, 0.15) is 5.25 Å². The minimum atomic E-state index is -4.53. The smallest absolute Gasteiger partial charge is 0.227 e. The monoisotopic (exact) mass is 295 g/mol. The Morgan fingerprint density at radius 2 is 1.84 bits per heavy atom. The number of hydrogen-bond acceptors (Lipinski definition) is 3. The summed E-state index contributed by atoms with van der Waals surface area (Å²) in [4.78, 5) is 0. The standard InChI is InChI=1S/C12H16F3NO2S/c1-2-3-4-5-6-7-11(10-16)19(17,18)9-8-12(13,14)15/h1,11H,3-9H2. The molecule has 0 aliphatic carbocycles. The summed E-state index contributed by atoms with van der Waals surface area (Å²) in [5.41, 5.74) is 0. The number of nitrogens with zero attached hydrogens (tertiary/aromatic N) is 1. The van der Waals surface area contributed by atoms with Gasteiger partial charge in [0.25, 0.3) is 0 Å². The first-order valence-corrected chi connectivity index (χ1v) is 7.56. The third-order valence-electron chi connectivity index (χ3n) is 2.53. The third kappa shape index (κ3) is 8.50. The largest absolute Gasteiger partial charge is 0.390 e. The molecule has 108 valence electrons. The van der Waals surface area contributed by atoms with E-state index in [1.807, 2.05) is 0 Å². The lowest BCUT2D eigenvalue weighted by Crippen LogP contribution is -2.25. The summed E-state index contributed by atoms with van der Waals surface area (Å²) in [6.07, 6.45) is 1.57. The zero-order chi connectivity index (χ0) is 14.9. The maximum absolute atomic E-state index is 12.0. The topological polar surface area (TPSA) is 57.9 Å². The average Bonchev–Trinajstić information content (AvgIpc) is 2.30. The van der Waals surface area contributed by atoms with E-state index in [1.165, 1.54) is 0 Å². The molecular formula is C12H16F3NO2S. The lowest BCUT2D eigenvalue weighted by molar-refractivity contribution is -0.129. The molecule has 0 saturated carbocycles. The number of rotatable bonds is 8. The first kappa shape index (κ1) is 17.8. The van der Waals surface area contributed by atoms with Crippen molar-refractivity contribution >= 4 is 9.84 Å². The Hall–Kier alpha value is -1.21. The SMILES string of the molecule is C#CCCCCCC(C#N)S(=O)(=O)CCC(F)(F)F. The lowest BCUT2D eigenvalue weighted by Gasteiger charge is -2.11. The van der Waals surface area contributed by atoms with Gasteiger partial charge in [-0.25, -0.2) is 8.42 Å². The van der Waals surface area contributed by atoms with Crippen LogP contribution in [-0.2, 0) is 9.84 Å². The van der Waals surface area contributed by atoms with E-state index in [0.717, 1.165) is 6.42 Å². The predicted molar refractivity (Wildman–Crippen MR) is 65.8 cm³/mol. The number of nitriles is 1. The highest BCUT2D eigenvalue weighted by molar-refractivity contribution is 7.92. The van der Waals surface area contributed by atoms with Crippen LogP contribution in [0.15, 0.2) is 0 Å². The van der Waals surface area contributed by atoms with Gasteiger partial charge in [0.05, 0.1) is 18.2 Å². The van der Waals surface area contributed by atoms with Crippen LogP contribution in [0.4, 0.5) is 13.2 Å². The molecule has 0 aliphatic heterocycles. The molecule has 7 heteroatoms. The molecule has 0 N–H and O–H groups in total. The summed E-state index contributed by atoms with van der Waals surface area (Å²) < 4.78 is 59.1. The number of sulfone groups is 1. The van der Waals surface area contributed by atoms with E-state index in [1.54, 1.807) is 6.07 Å². The van der Waals surface area contributed by atoms with E-state index in [0.29, 0.717) is 19.3 Å². The molecule has 0 rings (SSSR count). The first-order chi connectivity index (χ1) is 8.73. The third-order valence-corrected chi connectivity index (χ3v) is 4.52. The Bertz CT molecular complexity index is 443. The zero-order valence-corrected chi connectivity index (χ0v) is 11.2. The predicted octanol–water partition coefficient (Wildman–Crippen LogP) is 2.83. The Balaban J connectivity index is 4.28. The van der Waals surface area contributed by atoms with Crippen molar-refractivity contribution in [3.63, 3.8) is 0 Å². The van der Waals surface area contributed by atoms with E-state index in [9.17, 15) is 21.6 Å². The van der Waals surface area contributed by atoms with Crippen LogP contribution in [0.25, 0.3) is 0 Å². The highest BCUT2D eigenvalue weighted by Gasteiger charge is 2.33. The van der Waals surface area contributed by atoms with Crippen molar-refractivity contribution in [1.29, 1.82) is 5.26 Å². The van der Waals surface area contributed by atoms with Crippen molar-refractivity contribution in [3.8, 4) is 18.4 Å². The summed E-state index contributed by atoms with van der Waals surface area (Å²) in [6, 6.07) is 1.57. The van der Waals surface area contributed by atoms with Crippen molar-refractivity contribution in [1.82, 2.24) is 0 Å². The molecule has 0 spiro atoms. The van der Waals surface area contributed by atoms with Gasteiger partial charge in [-0.3, -0.25) is 0 Å². The molecule has 0 aliphatic rings. The van der Waals surface area contributed by atoms with Gasteiger partial charge in [-0.1, -0.05) is 12.8 Å². The fraction of sp³-hybridized carbons (Fsp3) is 0.750. The van der Waals surface area contributed by atoms with E-state index < -0.39 is 33.4 Å². The summed E-state index contributed by atoms with van der Waals surface area (Å²) in [6.45, 7) is 0. The summed E-state index contributed by atoms with van der Waals surface area (Å²) in [5, 5.41) is 7.39. The van der Waals surface area contributed by atoms with Crippen LogP contribution in [0.2, 0.25) is 0 Å². The molecule has 0 saturated heterocycles. The molecule has 0 aromatic carbocycles.